The molecule has 0 saturated heterocycles. The molecule has 5 heteroatoms. The van der Waals surface area contributed by atoms with Crippen LogP contribution in [0.1, 0.15) is 24.5 Å². The van der Waals surface area contributed by atoms with Crippen molar-refractivity contribution in [3.63, 3.8) is 0 Å². The van der Waals surface area contributed by atoms with Gasteiger partial charge in [-0.05, 0) is 50.5 Å². The highest BCUT2D eigenvalue weighted by molar-refractivity contribution is 7.79. The molecule has 1 aromatic rings. The normalized spacial score (nSPS) is 14.4. The monoisotopic (exact) mass is 258 g/mol. The Labute approximate surface area is 104 Å². The minimum atomic E-state index is -1.80. The van der Waals surface area contributed by atoms with Crippen molar-refractivity contribution in [2.45, 2.75) is 32.4 Å². The first-order valence-corrected chi connectivity index (χ1v) is 6.61. The van der Waals surface area contributed by atoms with Crippen molar-refractivity contribution in [1.82, 2.24) is 0 Å². The number of phenols is 1. The van der Waals surface area contributed by atoms with E-state index in [0.717, 1.165) is 11.1 Å². The van der Waals surface area contributed by atoms with Crippen LogP contribution in [0.25, 0.3) is 0 Å². The van der Waals surface area contributed by atoms with Crippen LogP contribution in [0.15, 0.2) is 12.1 Å². The van der Waals surface area contributed by atoms with Gasteiger partial charge in [-0.3, -0.25) is 0 Å². The molecule has 4 nitrogen and oxygen atoms in total. The van der Waals surface area contributed by atoms with Gasteiger partial charge < -0.3 is 14.4 Å². The molecule has 1 aromatic carbocycles. The summed E-state index contributed by atoms with van der Waals surface area (Å²) in [6.45, 7) is 5.70. The third kappa shape index (κ3) is 4.02. The van der Waals surface area contributed by atoms with Crippen molar-refractivity contribution in [3.8, 4) is 11.5 Å². The van der Waals surface area contributed by atoms with Crippen LogP contribution in [0.2, 0.25) is 0 Å². The molecule has 0 saturated carbocycles. The maximum atomic E-state index is 10.7. The number of rotatable bonds is 5. The lowest BCUT2D eigenvalue weighted by Gasteiger charge is -2.11. The number of hydrogen-bond donors (Lipinski definition) is 2. The van der Waals surface area contributed by atoms with E-state index >= 15 is 0 Å². The van der Waals surface area contributed by atoms with E-state index in [-0.39, 0.29) is 11.0 Å². The number of benzene rings is 1. The Bertz CT molecular complexity index is 394. The highest BCUT2D eigenvalue weighted by atomic mass is 32.2. The Kier molecular flexibility index (Phi) is 4.96. The first-order valence-electron chi connectivity index (χ1n) is 5.44. The lowest BCUT2D eigenvalue weighted by molar-refractivity contribution is 0.308. The smallest absolute Gasteiger partial charge is 0.155 e. The van der Waals surface area contributed by atoms with E-state index in [1.807, 2.05) is 0 Å². The van der Waals surface area contributed by atoms with Gasteiger partial charge in [0.25, 0.3) is 0 Å². The number of hydrogen-bond acceptors (Lipinski definition) is 3. The fourth-order valence-electron chi connectivity index (χ4n) is 1.44. The number of ether oxygens (including phenoxy) is 1. The molecule has 0 amide bonds. The van der Waals surface area contributed by atoms with Crippen LogP contribution in [-0.2, 0) is 11.1 Å². The Balaban J connectivity index is 2.56. The van der Waals surface area contributed by atoms with Crippen molar-refractivity contribution in [2.75, 3.05) is 6.61 Å². The highest BCUT2D eigenvalue weighted by Gasteiger charge is 2.09. The Morgan fingerprint density at radius 3 is 2.35 bits per heavy atom. The van der Waals surface area contributed by atoms with E-state index in [0.29, 0.717) is 18.8 Å². The molecule has 0 fully saturated rings. The summed E-state index contributed by atoms with van der Waals surface area (Å²) in [7, 11) is 0. The summed E-state index contributed by atoms with van der Waals surface area (Å²) in [5.41, 5.74) is 1.53. The molecule has 0 aromatic heterocycles. The second-order valence-corrected chi connectivity index (χ2v) is 5.49. The van der Waals surface area contributed by atoms with Crippen LogP contribution >= 0.6 is 0 Å². The van der Waals surface area contributed by atoms with E-state index in [4.69, 9.17) is 9.29 Å². The van der Waals surface area contributed by atoms with Crippen LogP contribution in [0.4, 0.5) is 0 Å². The number of phenolic OH excluding ortho intramolecular Hbond substituents is 1. The van der Waals surface area contributed by atoms with Crippen molar-refractivity contribution in [2.24, 2.45) is 0 Å². The van der Waals surface area contributed by atoms with Crippen LogP contribution in [0.3, 0.4) is 0 Å². The van der Waals surface area contributed by atoms with Gasteiger partial charge in [0.2, 0.25) is 0 Å². The second-order valence-electron chi connectivity index (χ2n) is 4.13. The molecule has 0 aliphatic heterocycles. The predicted octanol–water partition coefficient (Wildman–Crippen LogP) is 2.39. The summed E-state index contributed by atoms with van der Waals surface area (Å²) >= 11 is -1.80. The minimum Gasteiger partial charge on any atom is -0.507 e. The maximum Gasteiger partial charge on any atom is 0.155 e. The highest BCUT2D eigenvalue weighted by Crippen LogP contribution is 2.26. The lowest BCUT2D eigenvalue weighted by atomic mass is 10.1. The van der Waals surface area contributed by atoms with Crippen molar-refractivity contribution >= 4 is 11.1 Å². The molecule has 2 N–H and O–H groups in total. The zero-order valence-corrected chi connectivity index (χ0v) is 11.1. The van der Waals surface area contributed by atoms with Gasteiger partial charge in [0.15, 0.2) is 11.1 Å². The van der Waals surface area contributed by atoms with Crippen molar-refractivity contribution in [3.05, 3.63) is 23.3 Å². The van der Waals surface area contributed by atoms with Crippen LogP contribution in [0, 0.1) is 13.8 Å². The largest absolute Gasteiger partial charge is 0.507 e. The minimum absolute atomic E-state index is 0.280. The molecule has 0 aliphatic rings. The predicted molar refractivity (Wildman–Crippen MR) is 67.9 cm³/mol. The summed E-state index contributed by atoms with van der Waals surface area (Å²) in [6, 6.07) is 3.51. The SMILES string of the molecule is Cc1cc(OCCC(C)S(=O)O)cc(C)c1O. The first-order chi connectivity index (χ1) is 7.91. The summed E-state index contributed by atoms with van der Waals surface area (Å²) in [6.07, 6.45) is 0.516. The van der Waals surface area contributed by atoms with Gasteiger partial charge in [0.05, 0.1) is 11.9 Å². The summed E-state index contributed by atoms with van der Waals surface area (Å²) < 4.78 is 25.0. The molecule has 96 valence electrons. The fraction of sp³-hybridized carbons (Fsp3) is 0.500. The molecule has 0 radical (unpaired) electrons. The molecule has 17 heavy (non-hydrogen) atoms. The van der Waals surface area contributed by atoms with Gasteiger partial charge in [-0.2, -0.15) is 0 Å². The van der Waals surface area contributed by atoms with Crippen molar-refractivity contribution < 1.29 is 18.6 Å². The molecule has 1 rings (SSSR count). The van der Waals surface area contributed by atoms with E-state index in [2.05, 4.69) is 0 Å². The van der Waals surface area contributed by atoms with Gasteiger partial charge in [0, 0.05) is 0 Å². The van der Waals surface area contributed by atoms with Crippen LogP contribution < -0.4 is 4.74 Å². The average Bonchev–Trinajstić information content (AvgIpc) is 2.25. The van der Waals surface area contributed by atoms with E-state index < -0.39 is 11.1 Å². The lowest BCUT2D eigenvalue weighted by Crippen LogP contribution is -2.13. The van der Waals surface area contributed by atoms with E-state index in [1.54, 1.807) is 32.9 Å². The Hall–Kier alpha value is -1.07. The second kappa shape index (κ2) is 6.02. The van der Waals surface area contributed by atoms with Gasteiger partial charge in [-0.1, -0.05) is 0 Å². The Morgan fingerprint density at radius 1 is 1.35 bits per heavy atom. The summed E-state index contributed by atoms with van der Waals surface area (Å²) in [4.78, 5) is 0. The Morgan fingerprint density at radius 2 is 1.88 bits per heavy atom. The molecule has 0 bridgehead atoms. The summed E-state index contributed by atoms with van der Waals surface area (Å²) in [5, 5.41) is 9.29. The number of aromatic hydroxyl groups is 1. The first kappa shape index (κ1) is 14.0. The topological polar surface area (TPSA) is 66.8 Å². The van der Waals surface area contributed by atoms with Gasteiger partial charge in [-0.25, -0.2) is 4.21 Å². The quantitative estimate of drug-likeness (QED) is 0.796. The van der Waals surface area contributed by atoms with Crippen molar-refractivity contribution in [1.29, 1.82) is 0 Å². The fourth-order valence-corrected chi connectivity index (χ4v) is 1.74. The van der Waals surface area contributed by atoms with Gasteiger partial charge in [-0.15, -0.1) is 0 Å². The molecule has 2 unspecified atom stereocenters. The summed E-state index contributed by atoms with van der Waals surface area (Å²) in [5.74, 6) is 0.955. The zero-order chi connectivity index (χ0) is 13.0. The maximum absolute atomic E-state index is 10.7. The molecule has 0 aliphatic carbocycles. The van der Waals surface area contributed by atoms with Gasteiger partial charge in [0.1, 0.15) is 11.5 Å². The van der Waals surface area contributed by atoms with Crippen LogP contribution in [0.5, 0.6) is 11.5 Å². The van der Waals surface area contributed by atoms with Gasteiger partial charge >= 0.3 is 0 Å². The van der Waals surface area contributed by atoms with E-state index in [9.17, 15) is 9.32 Å². The van der Waals surface area contributed by atoms with E-state index in [1.165, 1.54) is 0 Å². The zero-order valence-electron chi connectivity index (χ0n) is 10.3. The average molecular weight is 258 g/mol. The number of aryl methyl sites for hydroxylation is 2. The molecule has 0 spiro atoms. The third-order valence-corrected chi connectivity index (χ3v) is 3.53. The standard InChI is InChI=1S/C12H18O4S/c1-8-6-11(7-9(2)12(8)13)16-5-4-10(3)17(14)15/h6-7,10,13H,4-5H2,1-3H3,(H,14,15). The molecule has 0 heterocycles. The third-order valence-electron chi connectivity index (χ3n) is 2.60. The molecular formula is C12H18O4S. The molecular weight excluding hydrogens is 240 g/mol. The molecule has 2 atom stereocenters. The van der Waals surface area contributed by atoms with Crippen LogP contribution in [-0.4, -0.2) is 25.7 Å².